The fourth-order valence-electron chi connectivity index (χ4n) is 8.67. The zero-order valence-corrected chi connectivity index (χ0v) is 22.9. The van der Waals surface area contributed by atoms with Crippen molar-refractivity contribution < 1.29 is 14.0 Å². The summed E-state index contributed by atoms with van der Waals surface area (Å²) < 4.78 is 14.8. The van der Waals surface area contributed by atoms with Crippen molar-refractivity contribution in [3.05, 3.63) is 0 Å². The molecule has 5 fully saturated rings. The van der Waals surface area contributed by atoms with E-state index >= 15 is 0 Å². The maximum atomic E-state index is 14.8. The molecule has 2 bridgehead atoms. The third-order valence-corrected chi connectivity index (χ3v) is 11.1. The number of hydrogen-bond donors (Lipinski definition) is 4. The van der Waals surface area contributed by atoms with Crippen molar-refractivity contribution in [2.45, 2.75) is 82.6 Å². The summed E-state index contributed by atoms with van der Waals surface area (Å²) in [4.78, 5) is 33.3. The van der Waals surface area contributed by atoms with E-state index < -0.39 is 23.7 Å². The van der Waals surface area contributed by atoms with E-state index in [0.29, 0.717) is 50.7 Å². The van der Waals surface area contributed by atoms with Gasteiger partial charge in [0.1, 0.15) is 17.5 Å². The molecule has 3 aliphatic heterocycles. The van der Waals surface area contributed by atoms with Gasteiger partial charge in [0.15, 0.2) is 0 Å². The maximum absolute atomic E-state index is 14.8. The van der Waals surface area contributed by atoms with Crippen LogP contribution >= 0.6 is 0 Å². The Kier molecular flexibility index (Phi) is 7.22. The number of amides is 2. The largest absolute Gasteiger partial charge is 0.351 e. The van der Waals surface area contributed by atoms with E-state index in [1.165, 1.54) is 0 Å². The van der Waals surface area contributed by atoms with Crippen molar-refractivity contribution in [3.8, 4) is 6.07 Å². The predicted octanol–water partition coefficient (Wildman–Crippen LogP) is 1.47. The van der Waals surface area contributed by atoms with Crippen LogP contribution in [0.1, 0.15) is 64.2 Å². The molecular weight excluding hydrogens is 497 g/mol. The van der Waals surface area contributed by atoms with Crippen LogP contribution in [0.25, 0.3) is 0 Å². The lowest BCUT2D eigenvalue weighted by Crippen LogP contribution is -2.59. The molecular formula is C29H44FN7O2. The second kappa shape index (κ2) is 10.4. The minimum atomic E-state index is -0.977. The Morgan fingerprint density at radius 3 is 2.62 bits per heavy atom. The molecule has 6 N–H and O–H groups in total. The number of nitrogens with two attached hydrogens (primary N) is 2. The van der Waals surface area contributed by atoms with Crippen LogP contribution in [0.2, 0.25) is 0 Å². The number of aliphatic imine (C=N–C) groups is 1. The van der Waals surface area contributed by atoms with Crippen LogP contribution in [-0.2, 0) is 9.59 Å². The Morgan fingerprint density at radius 2 is 1.92 bits per heavy atom. The molecule has 214 valence electrons. The van der Waals surface area contributed by atoms with Gasteiger partial charge in [0.05, 0.1) is 18.8 Å². The molecule has 39 heavy (non-hydrogen) atoms. The number of alkyl halides is 1. The maximum Gasteiger partial charge on any atom is 0.243 e. The van der Waals surface area contributed by atoms with E-state index in [-0.39, 0.29) is 41.7 Å². The van der Waals surface area contributed by atoms with Gasteiger partial charge in [0.25, 0.3) is 0 Å². The van der Waals surface area contributed by atoms with Gasteiger partial charge in [0.2, 0.25) is 11.8 Å². The first-order chi connectivity index (χ1) is 18.8. The van der Waals surface area contributed by atoms with Gasteiger partial charge >= 0.3 is 0 Å². The van der Waals surface area contributed by atoms with Crippen molar-refractivity contribution >= 4 is 17.5 Å². The number of nitrogens with zero attached hydrogens (tertiary/aromatic N) is 3. The van der Waals surface area contributed by atoms with Gasteiger partial charge in [-0.05, 0) is 87.5 Å². The zero-order chi connectivity index (χ0) is 27.4. The molecule has 7 atom stereocenters. The lowest BCUT2D eigenvalue weighted by atomic mass is 9.72. The fourth-order valence-corrected chi connectivity index (χ4v) is 8.67. The van der Waals surface area contributed by atoms with Crippen LogP contribution in [0.3, 0.4) is 0 Å². The summed E-state index contributed by atoms with van der Waals surface area (Å²) >= 11 is 0. The molecule has 0 aromatic heterocycles. The van der Waals surface area contributed by atoms with Crippen molar-refractivity contribution in [2.24, 2.45) is 56.9 Å². The molecule has 6 rings (SSSR count). The van der Waals surface area contributed by atoms with E-state index in [1.54, 1.807) is 0 Å². The summed E-state index contributed by atoms with van der Waals surface area (Å²) in [6, 6.07) is 2.16. The van der Waals surface area contributed by atoms with Gasteiger partial charge in [-0.3, -0.25) is 14.6 Å². The highest BCUT2D eigenvalue weighted by Gasteiger charge is 2.61. The van der Waals surface area contributed by atoms with Crippen molar-refractivity contribution in [3.63, 3.8) is 0 Å². The molecule has 0 aromatic rings. The Bertz CT molecular complexity index is 1050. The van der Waals surface area contributed by atoms with Crippen LogP contribution in [0.4, 0.5) is 4.39 Å². The number of nitrogens with one attached hydrogen (secondary N) is 2. The fraction of sp³-hybridized carbons (Fsp3) is 0.862. The van der Waals surface area contributed by atoms with E-state index in [9.17, 15) is 19.2 Å². The topological polar surface area (TPSA) is 150 Å². The summed E-state index contributed by atoms with van der Waals surface area (Å²) in [5, 5.41) is 16.2. The van der Waals surface area contributed by atoms with Gasteiger partial charge in [-0.1, -0.05) is 6.42 Å². The Labute approximate surface area is 230 Å². The number of carbonyl (C=O) groups is 2. The Balaban J connectivity index is 1.13. The first-order valence-electron chi connectivity index (χ1n) is 15.2. The molecule has 0 aromatic carbocycles. The number of hydrogen-bond acceptors (Lipinski definition) is 7. The first kappa shape index (κ1) is 27.1. The average molecular weight is 542 g/mol. The number of piperidine rings is 2. The molecule has 3 saturated carbocycles. The minimum Gasteiger partial charge on any atom is -0.351 e. The summed E-state index contributed by atoms with van der Waals surface area (Å²) in [5.41, 5.74) is 12.6. The van der Waals surface area contributed by atoms with Gasteiger partial charge in [-0.25, -0.2) is 4.39 Å². The smallest absolute Gasteiger partial charge is 0.243 e. The Hall–Kier alpha value is -2.09. The van der Waals surface area contributed by atoms with Crippen molar-refractivity contribution in [2.75, 3.05) is 32.7 Å². The minimum absolute atomic E-state index is 0.00345. The average Bonchev–Trinajstić information content (AvgIpc) is 3.85. The lowest BCUT2D eigenvalue weighted by molar-refractivity contribution is -0.136. The predicted molar refractivity (Wildman–Crippen MR) is 145 cm³/mol. The molecule has 9 nitrogen and oxygen atoms in total. The molecule has 0 radical (unpaired) electrons. The summed E-state index contributed by atoms with van der Waals surface area (Å²) in [6.45, 7) is 2.99. The molecule has 7 unspecified atom stereocenters. The normalized spacial score (nSPS) is 38.4. The van der Waals surface area contributed by atoms with E-state index in [0.717, 1.165) is 57.2 Å². The third-order valence-electron chi connectivity index (χ3n) is 11.1. The molecule has 2 amide bonds. The highest BCUT2D eigenvalue weighted by atomic mass is 19.1. The van der Waals surface area contributed by atoms with Gasteiger partial charge in [-0.15, -0.1) is 0 Å². The SMILES string of the molecule is N#CC1(C(=O)N2CCC(C3CCNCC3NC(=O)C(C3=NCC(F)CC45CCCC3C4C5)C(N)N)CC2)CC1. The van der Waals surface area contributed by atoms with Crippen LogP contribution in [0, 0.1) is 51.8 Å². The molecule has 2 saturated heterocycles. The lowest BCUT2D eigenvalue weighted by Gasteiger charge is -2.43. The second-order valence-corrected chi connectivity index (χ2v) is 13.4. The molecule has 10 heteroatoms. The molecule has 3 heterocycles. The number of nitriles is 1. The highest BCUT2D eigenvalue weighted by molar-refractivity contribution is 6.06. The highest BCUT2D eigenvalue weighted by Crippen LogP contribution is 2.67. The van der Waals surface area contributed by atoms with E-state index in [2.05, 4.69) is 16.7 Å². The molecule has 0 spiro atoms. The van der Waals surface area contributed by atoms with E-state index in [1.807, 2.05) is 4.90 Å². The summed E-state index contributed by atoms with van der Waals surface area (Å²) in [7, 11) is 0. The van der Waals surface area contributed by atoms with Crippen molar-refractivity contribution in [1.29, 1.82) is 5.26 Å². The van der Waals surface area contributed by atoms with E-state index in [4.69, 9.17) is 16.5 Å². The van der Waals surface area contributed by atoms with Crippen LogP contribution in [-0.4, -0.2) is 73.5 Å². The zero-order valence-electron chi connectivity index (χ0n) is 22.9. The van der Waals surface area contributed by atoms with Gasteiger partial charge in [-0.2, -0.15) is 5.26 Å². The van der Waals surface area contributed by atoms with Crippen LogP contribution < -0.4 is 22.1 Å². The summed E-state index contributed by atoms with van der Waals surface area (Å²) in [6.07, 6.45) is 6.87. The Morgan fingerprint density at radius 1 is 1.15 bits per heavy atom. The molecule has 6 aliphatic rings. The van der Waals surface area contributed by atoms with Gasteiger partial charge in [0, 0.05) is 37.3 Å². The first-order valence-corrected chi connectivity index (χ1v) is 15.2. The number of likely N-dealkylation sites (tertiary alicyclic amines) is 1. The monoisotopic (exact) mass is 541 g/mol. The van der Waals surface area contributed by atoms with Gasteiger partial charge < -0.3 is 27.0 Å². The number of rotatable bonds is 6. The third kappa shape index (κ3) is 5.00. The standard InChI is InChI=1S/C29H44FN7O2/c30-18-12-29-6-1-2-20(21(29)13-29)24(35-14-18)23(25(32)33)26(38)36-22-15-34-9-3-19(22)17-4-10-37(11-5-17)27(39)28(16-31)7-8-28/h17-23,25,34H,1-15,32-33H2,(H,36,38). The van der Waals surface area contributed by atoms with Crippen LogP contribution in [0.15, 0.2) is 4.99 Å². The number of halogens is 1. The second-order valence-electron chi connectivity index (χ2n) is 13.4. The quantitative estimate of drug-likeness (QED) is 0.374. The number of carbonyl (C=O) groups excluding carboxylic acids is 2. The van der Waals surface area contributed by atoms with Crippen molar-refractivity contribution in [1.82, 2.24) is 15.5 Å². The van der Waals surface area contributed by atoms with Crippen LogP contribution in [0.5, 0.6) is 0 Å². The summed E-state index contributed by atoms with van der Waals surface area (Å²) in [5.74, 6) is 0.295. The molecule has 3 aliphatic carbocycles.